The van der Waals surface area contributed by atoms with Gasteiger partial charge >= 0.3 is 0 Å². The topological polar surface area (TPSA) is 0 Å². The number of fused-ring (bicyclic) bond motifs is 2. The van der Waals surface area contributed by atoms with Crippen LogP contribution in [0, 0.1) is 11.6 Å². The van der Waals surface area contributed by atoms with Crippen molar-refractivity contribution in [3.8, 4) is 0 Å². The molecule has 0 aromatic heterocycles. The fourth-order valence-corrected chi connectivity index (χ4v) is 5.86. The molecule has 0 saturated carbocycles. The molecule has 0 radical (unpaired) electrons. The fraction of sp³-hybridized carbons (Fsp3) is 0. The van der Waals surface area contributed by atoms with Crippen molar-refractivity contribution in [2.24, 2.45) is 0 Å². The molecule has 0 aliphatic carbocycles. The maximum atomic E-state index is 13.6. The average Bonchev–Trinajstić information content (AvgIpc) is 2.75. The highest BCUT2D eigenvalue weighted by Gasteiger charge is 2.30. The fourth-order valence-electron chi connectivity index (χ4n) is 3.65. The molecule has 29 heavy (non-hydrogen) atoms. The Balaban J connectivity index is 1.79. The van der Waals surface area contributed by atoms with E-state index in [9.17, 15) is 8.78 Å². The molecule has 3 heteroatoms. The van der Waals surface area contributed by atoms with Gasteiger partial charge in [-0.3, -0.25) is 0 Å². The Hall–Kier alpha value is -3.17. The van der Waals surface area contributed by atoms with Crippen molar-refractivity contribution in [3.63, 3.8) is 0 Å². The molecule has 0 unspecified atom stereocenters. The van der Waals surface area contributed by atoms with Crippen molar-refractivity contribution in [3.05, 3.63) is 115 Å². The summed E-state index contributed by atoms with van der Waals surface area (Å²) in [5.74, 6) is -0.527. The molecule has 0 N–H and O–H groups in total. The number of rotatable bonds is 3. The van der Waals surface area contributed by atoms with E-state index in [1.807, 2.05) is 36.4 Å². The van der Waals surface area contributed by atoms with E-state index in [0.717, 1.165) is 25.5 Å². The second kappa shape index (κ2) is 7.34. The van der Waals surface area contributed by atoms with Gasteiger partial charge in [-0.1, -0.05) is 36.4 Å². The Morgan fingerprint density at radius 2 is 1.00 bits per heavy atom. The van der Waals surface area contributed by atoms with Crippen LogP contribution in [-0.4, -0.2) is 0 Å². The van der Waals surface area contributed by atoms with Crippen LogP contribution in [0.5, 0.6) is 0 Å². The minimum absolute atomic E-state index is 0.264. The Morgan fingerprint density at radius 1 is 0.483 bits per heavy atom. The molecule has 5 rings (SSSR count). The number of hydrogen-bond donors (Lipinski definition) is 0. The lowest BCUT2D eigenvalue weighted by molar-refractivity contribution is 0.626. The van der Waals surface area contributed by atoms with Crippen molar-refractivity contribution in [1.29, 1.82) is 0 Å². The van der Waals surface area contributed by atoms with Gasteiger partial charge < -0.3 is 0 Å². The summed E-state index contributed by atoms with van der Waals surface area (Å²) in [6.07, 6.45) is 0. The summed E-state index contributed by atoms with van der Waals surface area (Å²) in [6, 6.07) is 32.2. The maximum absolute atomic E-state index is 13.6. The van der Waals surface area contributed by atoms with Crippen LogP contribution >= 0.6 is 0 Å². The highest BCUT2D eigenvalue weighted by molar-refractivity contribution is 7.97. The molecular weight excluding hydrogens is 382 g/mol. The van der Waals surface area contributed by atoms with Crippen LogP contribution in [0.25, 0.3) is 21.5 Å². The lowest BCUT2D eigenvalue weighted by Crippen LogP contribution is -2.06. The highest BCUT2D eigenvalue weighted by atomic mass is 32.2. The first-order valence-corrected chi connectivity index (χ1v) is 10.6. The van der Waals surface area contributed by atoms with E-state index in [-0.39, 0.29) is 11.6 Å². The summed E-state index contributed by atoms with van der Waals surface area (Å²) < 4.78 is 27.2. The van der Waals surface area contributed by atoms with Crippen molar-refractivity contribution in [2.45, 2.75) is 14.7 Å². The van der Waals surface area contributed by atoms with Gasteiger partial charge in [0.1, 0.15) is 11.6 Å². The van der Waals surface area contributed by atoms with Gasteiger partial charge in [0.2, 0.25) is 0 Å². The Bertz CT molecular complexity index is 1260. The van der Waals surface area contributed by atoms with Crippen LogP contribution in [-0.2, 0) is 10.9 Å². The first-order chi connectivity index (χ1) is 14.2. The molecular formula is C26H17F2S+. The third kappa shape index (κ3) is 3.39. The van der Waals surface area contributed by atoms with Crippen molar-refractivity contribution < 1.29 is 8.78 Å². The molecule has 0 bridgehead atoms. The summed E-state index contributed by atoms with van der Waals surface area (Å²) in [5.41, 5.74) is 0. The second-order valence-electron chi connectivity index (χ2n) is 6.89. The minimum Gasteiger partial charge on any atom is -0.207 e. The predicted molar refractivity (Wildman–Crippen MR) is 116 cm³/mol. The van der Waals surface area contributed by atoms with Gasteiger partial charge in [0, 0.05) is 5.39 Å². The molecule has 5 aromatic rings. The van der Waals surface area contributed by atoms with Crippen LogP contribution < -0.4 is 0 Å². The molecule has 5 aromatic carbocycles. The average molecular weight is 399 g/mol. The maximum Gasteiger partial charge on any atom is 0.174 e. The normalized spacial score (nSPS) is 11.4. The summed E-state index contributed by atoms with van der Waals surface area (Å²) in [6.45, 7) is 0. The molecule has 0 aliphatic heterocycles. The van der Waals surface area contributed by atoms with E-state index in [1.165, 1.54) is 35.0 Å². The summed E-state index contributed by atoms with van der Waals surface area (Å²) in [5, 5.41) is 4.68. The molecule has 140 valence electrons. The van der Waals surface area contributed by atoms with Gasteiger partial charge in [-0.25, -0.2) is 8.78 Å². The van der Waals surface area contributed by atoms with Gasteiger partial charge in [-0.2, -0.15) is 0 Å². The van der Waals surface area contributed by atoms with Crippen LogP contribution in [0.2, 0.25) is 0 Å². The Kier molecular flexibility index (Phi) is 4.53. The molecule has 0 saturated heterocycles. The van der Waals surface area contributed by atoms with Crippen molar-refractivity contribution in [1.82, 2.24) is 0 Å². The third-order valence-corrected chi connectivity index (χ3v) is 7.31. The van der Waals surface area contributed by atoms with Gasteiger partial charge in [-0.05, 0) is 82.9 Å². The smallest absolute Gasteiger partial charge is 0.174 e. The lowest BCUT2D eigenvalue weighted by atomic mass is 10.0. The van der Waals surface area contributed by atoms with E-state index in [4.69, 9.17) is 0 Å². The molecule has 0 nitrogen and oxygen atoms in total. The predicted octanol–water partition coefficient (Wildman–Crippen LogP) is 7.37. The number of hydrogen-bond acceptors (Lipinski definition) is 0. The SMILES string of the molecule is Fc1ccc([S+](c2ccc(F)cc2)c2cccc3cc4ccccc4cc23)cc1. The van der Waals surface area contributed by atoms with E-state index in [1.54, 1.807) is 0 Å². The second-order valence-corrected chi connectivity index (χ2v) is 8.89. The van der Waals surface area contributed by atoms with Crippen LogP contribution in [0.1, 0.15) is 0 Å². The highest BCUT2D eigenvalue weighted by Crippen LogP contribution is 2.37. The molecule has 0 spiro atoms. The van der Waals surface area contributed by atoms with Crippen molar-refractivity contribution >= 4 is 32.4 Å². The quantitative estimate of drug-likeness (QED) is 0.219. The lowest BCUT2D eigenvalue weighted by Gasteiger charge is -2.11. The van der Waals surface area contributed by atoms with Crippen LogP contribution in [0.4, 0.5) is 8.78 Å². The number of halogens is 2. The van der Waals surface area contributed by atoms with Crippen molar-refractivity contribution in [2.75, 3.05) is 0 Å². The van der Waals surface area contributed by atoms with E-state index in [2.05, 4.69) is 42.5 Å². The van der Waals surface area contributed by atoms with E-state index < -0.39 is 10.9 Å². The van der Waals surface area contributed by atoms with E-state index >= 15 is 0 Å². The van der Waals surface area contributed by atoms with Gasteiger partial charge in [0.15, 0.2) is 14.7 Å². The molecule has 0 heterocycles. The molecule has 0 amide bonds. The summed E-state index contributed by atoms with van der Waals surface area (Å²) in [4.78, 5) is 3.14. The molecule has 0 aliphatic rings. The standard InChI is InChI=1S/C26H17F2S/c27-21-8-12-23(13-9-21)29(24-14-10-22(28)11-15-24)26-7-3-6-20-16-18-4-1-2-5-19(18)17-25(20)26/h1-17H/q+1. The largest absolute Gasteiger partial charge is 0.207 e. The van der Waals surface area contributed by atoms with Gasteiger partial charge in [-0.15, -0.1) is 0 Å². The van der Waals surface area contributed by atoms with Gasteiger partial charge in [0.25, 0.3) is 0 Å². The zero-order valence-corrected chi connectivity index (χ0v) is 16.3. The van der Waals surface area contributed by atoms with Crippen LogP contribution in [0.15, 0.2) is 118 Å². The summed E-state index contributed by atoms with van der Waals surface area (Å²) in [7, 11) is -0.482. The Labute approximate surface area is 170 Å². The monoisotopic (exact) mass is 399 g/mol. The third-order valence-electron chi connectivity index (χ3n) is 5.03. The zero-order chi connectivity index (χ0) is 19.8. The van der Waals surface area contributed by atoms with Gasteiger partial charge in [0.05, 0.1) is 10.9 Å². The molecule has 0 atom stereocenters. The number of benzene rings is 5. The van der Waals surface area contributed by atoms with Crippen LogP contribution in [0.3, 0.4) is 0 Å². The first-order valence-electron chi connectivity index (χ1n) is 9.36. The minimum atomic E-state index is -0.482. The Morgan fingerprint density at radius 3 is 1.59 bits per heavy atom. The van der Waals surface area contributed by atoms with E-state index in [0.29, 0.717) is 0 Å². The first kappa shape index (κ1) is 17.9. The molecule has 0 fully saturated rings. The summed E-state index contributed by atoms with van der Waals surface area (Å²) >= 11 is 0. The zero-order valence-electron chi connectivity index (χ0n) is 15.5.